The van der Waals surface area contributed by atoms with Crippen molar-refractivity contribution in [2.75, 3.05) is 39.3 Å². The predicted molar refractivity (Wildman–Crippen MR) is 120 cm³/mol. The minimum Gasteiger partial charge on any atom is -0.490 e. The number of hydrogen-bond acceptors (Lipinski definition) is 4. The highest BCUT2D eigenvalue weighted by Crippen LogP contribution is 2.21. The molecule has 3 rings (SSSR count). The molecule has 0 heterocycles. The van der Waals surface area contributed by atoms with Gasteiger partial charge in [0.1, 0.15) is 24.7 Å². The Kier molecular flexibility index (Phi) is 7.33. The quantitative estimate of drug-likeness (QED) is 0.493. The van der Waals surface area contributed by atoms with Gasteiger partial charge in [-0.15, -0.1) is 0 Å². The standard InChI is InChI=1S/C25H28N2O3/c1-26(2)21-15-13-20(14-16-21)19-27(3)25(28)23-11-7-8-12-24(23)30-18-17-29-22-9-5-4-6-10-22/h4-16H,17-19H2,1-3H3. The smallest absolute Gasteiger partial charge is 0.257 e. The number of para-hydroxylation sites is 2. The van der Waals surface area contributed by atoms with Crippen molar-refractivity contribution >= 4 is 11.6 Å². The van der Waals surface area contributed by atoms with E-state index in [2.05, 4.69) is 12.1 Å². The van der Waals surface area contributed by atoms with Crippen molar-refractivity contribution in [1.82, 2.24) is 4.90 Å². The van der Waals surface area contributed by atoms with Crippen molar-refractivity contribution < 1.29 is 14.3 Å². The van der Waals surface area contributed by atoms with Gasteiger partial charge < -0.3 is 19.3 Å². The molecule has 0 fully saturated rings. The molecule has 0 aliphatic heterocycles. The van der Waals surface area contributed by atoms with Crippen LogP contribution in [0.2, 0.25) is 0 Å². The van der Waals surface area contributed by atoms with Crippen molar-refractivity contribution in [2.45, 2.75) is 6.54 Å². The second-order valence-corrected chi connectivity index (χ2v) is 7.23. The maximum absolute atomic E-state index is 13.0. The molecule has 156 valence electrons. The van der Waals surface area contributed by atoms with Gasteiger partial charge in [0.05, 0.1) is 5.56 Å². The Morgan fingerprint density at radius 1 is 0.767 bits per heavy atom. The first-order chi connectivity index (χ1) is 14.5. The number of carbonyl (C=O) groups is 1. The third-order valence-electron chi connectivity index (χ3n) is 4.69. The van der Waals surface area contributed by atoms with Gasteiger partial charge in [-0.2, -0.15) is 0 Å². The zero-order valence-corrected chi connectivity index (χ0v) is 17.7. The minimum atomic E-state index is -0.0775. The van der Waals surface area contributed by atoms with Gasteiger partial charge in [-0.05, 0) is 42.0 Å². The number of carbonyl (C=O) groups excluding carboxylic acids is 1. The maximum Gasteiger partial charge on any atom is 0.257 e. The van der Waals surface area contributed by atoms with Crippen LogP contribution in [0.15, 0.2) is 78.9 Å². The highest BCUT2D eigenvalue weighted by molar-refractivity contribution is 5.96. The molecule has 0 unspecified atom stereocenters. The van der Waals surface area contributed by atoms with E-state index in [9.17, 15) is 4.79 Å². The van der Waals surface area contributed by atoms with E-state index < -0.39 is 0 Å². The fourth-order valence-electron chi connectivity index (χ4n) is 3.05. The number of hydrogen-bond donors (Lipinski definition) is 0. The Hall–Kier alpha value is -3.47. The molecule has 0 N–H and O–H groups in total. The molecule has 0 saturated heterocycles. The molecule has 0 saturated carbocycles. The van der Waals surface area contributed by atoms with Gasteiger partial charge in [-0.3, -0.25) is 4.79 Å². The van der Waals surface area contributed by atoms with Crippen molar-refractivity contribution in [1.29, 1.82) is 0 Å². The van der Waals surface area contributed by atoms with Crippen LogP contribution in [0, 0.1) is 0 Å². The molecule has 30 heavy (non-hydrogen) atoms. The summed E-state index contributed by atoms with van der Waals surface area (Å²) < 4.78 is 11.5. The lowest BCUT2D eigenvalue weighted by Crippen LogP contribution is -2.27. The van der Waals surface area contributed by atoms with Crippen LogP contribution >= 0.6 is 0 Å². The van der Waals surface area contributed by atoms with Crippen LogP contribution in [-0.4, -0.2) is 45.2 Å². The summed E-state index contributed by atoms with van der Waals surface area (Å²) in [5.74, 6) is 1.28. The molecule has 1 amide bonds. The van der Waals surface area contributed by atoms with E-state index in [0.717, 1.165) is 17.0 Å². The van der Waals surface area contributed by atoms with Gasteiger partial charge in [0.2, 0.25) is 0 Å². The SMILES string of the molecule is CN(Cc1ccc(N(C)C)cc1)C(=O)c1ccccc1OCCOc1ccccc1. The fraction of sp³-hybridized carbons (Fsp3) is 0.240. The summed E-state index contributed by atoms with van der Waals surface area (Å²) in [7, 11) is 5.82. The summed E-state index contributed by atoms with van der Waals surface area (Å²) in [4.78, 5) is 16.8. The highest BCUT2D eigenvalue weighted by Gasteiger charge is 2.17. The van der Waals surface area contributed by atoms with E-state index in [4.69, 9.17) is 9.47 Å². The zero-order chi connectivity index (χ0) is 21.3. The average molecular weight is 405 g/mol. The van der Waals surface area contributed by atoms with Crippen LogP contribution in [0.4, 0.5) is 5.69 Å². The Morgan fingerprint density at radius 2 is 1.40 bits per heavy atom. The predicted octanol–water partition coefficient (Wildman–Crippen LogP) is 4.48. The molecule has 3 aromatic rings. The van der Waals surface area contributed by atoms with Crippen LogP contribution in [0.1, 0.15) is 15.9 Å². The fourth-order valence-corrected chi connectivity index (χ4v) is 3.05. The van der Waals surface area contributed by atoms with Crippen molar-refractivity contribution in [2.24, 2.45) is 0 Å². The maximum atomic E-state index is 13.0. The topological polar surface area (TPSA) is 42.0 Å². The summed E-state index contributed by atoms with van der Waals surface area (Å²) in [6.07, 6.45) is 0. The summed E-state index contributed by atoms with van der Waals surface area (Å²) >= 11 is 0. The first-order valence-electron chi connectivity index (χ1n) is 9.96. The second-order valence-electron chi connectivity index (χ2n) is 7.23. The largest absolute Gasteiger partial charge is 0.490 e. The van der Waals surface area contributed by atoms with Gasteiger partial charge in [0, 0.05) is 33.4 Å². The lowest BCUT2D eigenvalue weighted by Gasteiger charge is -2.20. The van der Waals surface area contributed by atoms with Crippen LogP contribution < -0.4 is 14.4 Å². The second kappa shape index (κ2) is 10.3. The number of amides is 1. The molecule has 0 aliphatic rings. The van der Waals surface area contributed by atoms with E-state index in [1.54, 1.807) is 18.0 Å². The molecular formula is C25H28N2O3. The molecule has 5 nitrogen and oxygen atoms in total. The van der Waals surface area contributed by atoms with Crippen molar-refractivity contribution in [3.05, 3.63) is 90.0 Å². The van der Waals surface area contributed by atoms with E-state index in [1.165, 1.54) is 0 Å². The van der Waals surface area contributed by atoms with Crippen molar-refractivity contribution in [3.8, 4) is 11.5 Å². The first-order valence-corrected chi connectivity index (χ1v) is 9.96. The van der Waals surface area contributed by atoms with Crippen LogP contribution in [0.5, 0.6) is 11.5 Å². The average Bonchev–Trinajstić information content (AvgIpc) is 2.77. The van der Waals surface area contributed by atoms with E-state index in [1.807, 2.05) is 79.7 Å². The minimum absolute atomic E-state index is 0.0775. The Labute approximate surface area is 178 Å². The van der Waals surface area contributed by atoms with Gasteiger partial charge in [0.25, 0.3) is 5.91 Å². The zero-order valence-electron chi connectivity index (χ0n) is 17.7. The van der Waals surface area contributed by atoms with E-state index >= 15 is 0 Å². The summed E-state index contributed by atoms with van der Waals surface area (Å²) in [5.41, 5.74) is 2.75. The highest BCUT2D eigenvalue weighted by atomic mass is 16.5. The van der Waals surface area contributed by atoms with Crippen molar-refractivity contribution in [3.63, 3.8) is 0 Å². The van der Waals surface area contributed by atoms with Crippen LogP contribution in [0.25, 0.3) is 0 Å². The monoisotopic (exact) mass is 404 g/mol. The first kappa shape index (κ1) is 21.2. The molecule has 0 aliphatic carbocycles. The third-order valence-corrected chi connectivity index (χ3v) is 4.69. The van der Waals surface area contributed by atoms with Gasteiger partial charge >= 0.3 is 0 Å². The lowest BCUT2D eigenvalue weighted by molar-refractivity contribution is 0.0779. The van der Waals surface area contributed by atoms with Gasteiger partial charge in [-0.25, -0.2) is 0 Å². The number of benzene rings is 3. The molecular weight excluding hydrogens is 376 g/mol. The molecule has 0 radical (unpaired) electrons. The summed E-state index contributed by atoms with van der Waals surface area (Å²) in [6, 6.07) is 25.1. The Bertz CT molecular complexity index is 940. The number of anilines is 1. The van der Waals surface area contributed by atoms with Crippen LogP contribution in [-0.2, 0) is 6.54 Å². The molecule has 3 aromatic carbocycles. The number of ether oxygens (including phenoxy) is 2. The molecule has 5 heteroatoms. The number of nitrogens with zero attached hydrogens (tertiary/aromatic N) is 2. The third kappa shape index (κ3) is 5.77. The molecule has 0 spiro atoms. The molecule has 0 atom stereocenters. The van der Waals surface area contributed by atoms with E-state index in [-0.39, 0.29) is 5.91 Å². The number of rotatable bonds is 9. The molecule has 0 bridgehead atoms. The Balaban J connectivity index is 1.58. The van der Waals surface area contributed by atoms with Crippen LogP contribution in [0.3, 0.4) is 0 Å². The van der Waals surface area contributed by atoms with E-state index in [0.29, 0.717) is 31.1 Å². The lowest BCUT2D eigenvalue weighted by atomic mass is 10.1. The molecule has 0 aromatic heterocycles. The normalized spacial score (nSPS) is 10.4. The van der Waals surface area contributed by atoms with Gasteiger partial charge in [0.15, 0.2) is 0 Å². The summed E-state index contributed by atoms with van der Waals surface area (Å²) in [5, 5.41) is 0. The summed E-state index contributed by atoms with van der Waals surface area (Å²) in [6.45, 7) is 1.29. The Morgan fingerprint density at radius 3 is 2.10 bits per heavy atom. The van der Waals surface area contributed by atoms with Gasteiger partial charge in [-0.1, -0.05) is 42.5 Å².